The van der Waals surface area contributed by atoms with Crippen molar-refractivity contribution in [3.8, 4) is 0 Å². The van der Waals surface area contributed by atoms with Gasteiger partial charge >= 0.3 is 0 Å². The van der Waals surface area contributed by atoms with Crippen molar-refractivity contribution in [1.82, 2.24) is 15.5 Å². The Morgan fingerprint density at radius 1 is 1.41 bits per heavy atom. The van der Waals surface area contributed by atoms with E-state index in [9.17, 15) is 9.59 Å². The van der Waals surface area contributed by atoms with Crippen LogP contribution < -0.4 is 10.6 Å². The molecule has 2 saturated heterocycles. The number of piperidine rings is 1. The number of morpholine rings is 1. The number of carbonyl (C=O) groups is 2. The Labute approximate surface area is 138 Å². The molecule has 2 aliphatic rings. The lowest BCUT2D eigenvalue weighted by molar-refractivity contribution is -0.134. The predicted octanol–water partition coefficient (Wildman–Crippen LogP) is 0.694. The second-order valence-corrected chi connectivity index (χ2v) is 5.93. The topological polar surface area (TPSA) is 70.7 Å². The van der Waals surface area contributed by atoms with Gasteiger partial charge in [0.15, 0.2) is 0 Å². The van der Waals surface area contributed by atoms with E-state index >= 15 is 0 Å². The molecule has 0 aromatic heterocycles. The highest BCUT2D eigenvalue weighted by molar-refractivity contribution is 5.85. The fourth-order valence-electron chi connectivity index (χ4n) is 2.94. The van der Waals surface area contributed by atoms with E-state index < -0.39 is 0 Å². The Bertz CT molecular complexity index is 362. The van der Waals surface area contributed by atoms with E-state index in [1.165, 1.54) is 0 Å². The summed E-state index contributed by atoms with van der Waals surface area (Å²) in [4.78, 5) is 25.9. The van der Waals surface area contributed by atoms with Gasteiger partial charge < -0.3 is 20.3 Å². The van der Waals surface area contributed by atoms with Crippen LogP contribution in [0.2, 0.25) is 0 Å². The van der Waals surface area contributed by atoms with Crippen LogP contribution in [0.5, 0.6) is 0 Å². The van der Waals surface area contributed by atoms with E-state index in [4.69, 9.17) is 4.74 Å². The predicted molar refractivity (Wildman–Crippen MR) is 87.1 cm³/mol. The average Bonchev–Trinajstić information content (AvgIpc) is 2.48. The summed E-state index contributed by atoms with van der Waals surface area (Å²) in [5.74, 6) is 0.256. The Balaban J connectivity index is 0.00000242. The lowest BCUT2D eigenvalue weighted by Gasteiger charge is -2.34. The second-order valence-electron chi connectivity index (χ2n) is 5.93. The van der Waals surface area contributed by atoms with Crippen LogP contribution in [0.15, 0.2) is 0 Å². The largest absolute Gasteiger partial charge is 0.378 e. The van der Waals surface area contributed by atoms with Crippen LogP contribution in [-0.2, 0) is 14.3 Å². The molecule has 2 aliphatic heterocycles. The standard InChI is InChI=1S/C15H27N3O3.ClH/c1-2-4-14(19)17-12-5-3-7-18(10-12)15(20)9-13-11-21-8-6-16-13;/h12-13,16H,2-11H2,1H3,(H,17,19);1H. The zero-order valence-corrected chi connectivity index (χ0v) is 14.1. The lowest BCUT2D eigenvalue weighted by Crippen LogP contribution is -2.51. The zero-order chi connectivity index (χ0) is 15.1. The Hall–Kier alpha value is -0.850. The van der Waals surface area contributed by atoms with Gasteiger partial charge in [0.05, 0.1) is 13.2 Å². The van der Waals surface area contributed by atoms with Crippen molar-refractivity contribution in [1.29, 1.82) is 0 Å². The molecule has 0 saturated carbocycles. The van der Waals surface area contributed by atoms with Gasteiger partial charge in [0, 0.05) is 44.6 Å². The number of ether oxygens (including phenoxy) is 1. The normalized spacial score (nSPS) is 25.2. The molecule has 6 nitrogen and oxygen atoms in total. The Morgan fingerprint density at radius 3 is 2.91 bits per heavy atom. The van der Waals surface area contributed by atoms with E-state index in [0.29, 0.717) is 26.0 Å². The van der Waals surface area contributed by atoms with Crippen LogP contribution in [0.25, 0.3) is 0 Å². The molecular formula is C15H28ClN3O3. The molecular weight excluding hydrogens is 306 g/mol. The molecule has 128 valence electrons. The summed E-state index contributed by atoms with van der Waals surface area (Å²) in [5.41, 5.74) is 0. The molecule has 22 heavy (non-hydrogen) atoms. The highest BCUT2D eigenvalue weighted by Crippen LogP contribution is 2.13. The highest BCUT2D eigenvalue weighted by Gasteiger charge is 2.26. The molecule has 2 N–H and O–H groups in total. The van der Waals surface area contributed by atoms with Gasteiger partial charge in [0.25, 0.3) is 0 Å². The van der Waals surface area contributed by atoms with Crippen molar-refractivity contribution in [2.45, 2.75) is 51.1 Å². The van der Waals surface area contributed by atoms with Crippen molar-refractivity contribution in [3.05, 3.63) is 0 Å². The van der Waals surface area contributed by atoms with Crippen LogP contribution >= 0.6 is 12.4 Å². The number of carbonyl (C=O) groups excluding carboxylic acids is 2. The van der Waals surface area contributed by atoms with Crippen LogP contribution in [0.4, 0.5) is 0 Å². The molecule has 0 aromatic rings. The van der Waals surface area contributed by atoms with Crippen LogP contribution in [-0.4, -0.2) is 61.6 Å². The van der Waals surface area contributed by atoms with Gasteiger partial charge in [0.2, 0.25) is 11.8 Å². The van der Waals surface area contributed by atoms with E-state index in [0.717, 1.165) is 39.0 Å². The molecule has 0 aromatic carbocycles. The maximum atomic E-state index is 12.3. The van der Waals surface area contributed by atoms with Gasteiger partial charge in [-0.2, -0.15) is 0 Å². The molecule has 2 atom stereocenters. The van der Waals surface area contributed by atoms with Gasteiger partial charge in [-0.05, 0) is 19.3 Å². The van der Waals surface area contributed by atoms with E-state index in [-0.39, 0.29) is 36.3 Å². The maximum absolute atomic E-state index is 12.3. The van der Waals surface area contributed by atoms with Crippen molar-refractivity contribution < 1.29 is 14.3 Å². The van der Waals surface area contributed by atoms with Gasteiger partial charge in [-0.3, -0.25) is 9.59 Å². The number of amides is 2. The van der Waals surface area contributed by atoms with Crippen molar-refractivity contribution >= 4 is 24.2 Å². The summed E-state index contributed by atoms with van der Waals surface area (Å²) in [6.45, 7) is 5.58. The molecule has 2 amide bonds. The number of rotatable bonds is 5. The number of nitrogens with zero attached hydrogens (tertiary/aromatic N) is 1. The summed E-state index contributed by atoms with van der Waals surface area (Å²) in [7, 11) is 0. The van der Waals surface area contributed by atoms with Crippen LogP contribution in [0.1, 0.15) is 39.0 Å². The minimum Gasteiger partial charge on any atom is -0.378 e. The van der Waals surface area contributed by atoms with E-state index in [1.807, 2.05) is 11.8 Å². The zero-order valence-electron chi connectivity index (χ0n) is 13.3. The van der Waals surface area contributed by atoms with Crippen molar-refractivity contribution in [2.24, 2.45) is 0 Å². The molecule has 2 rings (SSSR count). The lowest BCUT2D eigenvalue weighted by atomic mass is 10.0. The Morgan fingerprint density at radius 2 is 2.23 bits per heavy atom. The minimum atomic E-state index is 0. The van der Waals surface area contributed by atoms with Crippen LogP contribution in [0, 0.1) is 0 Å². The average molecular weight is 334 g/mol. The highest BCUT2D eigenvalue weighted by atomic mass is 35.5. The number of nitrogens with one attached hydrogen (secondary N) is 2. The summed E-state index contributed by atoms with van der Waals surface area (Å²) in [5, 5.41) is 6.34. The first-order chi connectivity index (χ1) is 10.2. The number of hydrogen-bond donors (Lipinski definition) is 2. The van der Waals surface area contributed by atoms with Crippen molar-refractivity contribution in [2.75, 3.05) is 32.8 Å². The third-order valence-electron chi connectivity index (χ3n) is 4.04. The number of hydrogen-bond acceptors (Lipinski definition) is 4. The summed E-state index contributed by atoms with van der Waals surface area (Å²) >= 11 is 0. The monoisotopic (exact) mass is 333 g/mol. The van der Waals surface area contributed by atoms with Crippen LogP contribution in [0.3, 0.4) is 0 Å². The van der Waals surface area contributed by atoms with Gasteiger partial charge in [-0.15, -0.1) is 12.4 Å². The molecule has 2 heterocycles. The molecule has 0 aliphatic carbocycles. The SMILES string of the molecule is CCCC(=O)NC1CCCN(C(=O)CC2COCCN2)C1.Cl. The number of likely N-dealkylation sites (tertiary alicyclic amines) is 1. The first kappa shape index (κ1) is 19.2. The summed E-state index contributed by atoms with van der Waals surface area (Å²) in [6, 6.07) is 0.235. The number of halogens is 1. The quantitative estimate of drug-likeness (QED) is 0.777. The minimum absolute atomic E-state index is 0. The molecule has 0 bridgehead atoms. The fraction of sp³-hybridized carbons (Fsp3) is 0.867. The third kappa shape index (κ3) is 6.10. The van der Waals surface area contributed by atoms with Gasteiger partial charge in [0.1, 0.15) is 0 Å². The van der Waals surface area contributed by atoms with Gasteiger partial charge in [-0.25, -0.2) is 0 Å². The Kier molecular flexibility index (Phi) is 8.75. The molecule has 0 radical (unpaired) electrons. The molecule has 2 unspecified atom stereocenters. The summed E-state index contributed by atoms with van der Waals surface area (Å²) in [6.07, 6.45) is 3.82. The van der Waals surface area contributed by atoms with E-state index in [1.54, 1.807) is 0 Å². The molecule has 0 spiro atoms. The first-order valence-corrected chi connectivity index (χ1v) is 8.07. The summed E-state index contributed by atoms with van der Waals surface area (Å²) < 4.78 is 5.38. The van der Waals surface area contributed by atoms with Gasteiger partial charge in [-0.1, -0.05) is 6.92 Å². The maximum Gasteiger partial charge on any atom is 0.224 e. The smallest absolute Gasteiger partial charge is 0.224 e. The fourth-order valence-corrected chi connectivity index (χ4v) is 2.94. The second kappa shape index (κ2) is 10.0. The van der Waals surface area contributed by atoms with Crippen molar-refractivity contribution in [3.63, 3.8) is 0 Å². The third-order valence-corrected chi connectivity index (χ3v) is 4.04. The van der Waals surface area contributed by atoms with E-state index in [2.05, 4.69) is 10.6 Å². The molecule has 2 fully saturated rings. The molecule has 7 heteroatoms. The first-order valence-electron chi connectivity index (χ1n) is 8.07.